The molecule has 0 radical (unpaired) electrons. The second kappa shape index (κ2) is 10.6. The summed E-state index contributed by atoms with van der Waals surface area (Å²) in [5.41, 5.74) is 2.74. The summed E-state index contributed by atoms with van der Waals surface area (Å²) in [7, 11) is 0. The third-order valence-electron chi connectivity index (χ3n) is 6.89. The van der Waals surface area contributed by atoms with Crippen molar-refractivity contribution in [1.82, 2.24) is 0 Å². The average molecular weight is 373 g/mol. The summed E-state index contributed by atoms with van der Waals surface area (Å²) in [6.45, 7) is 8.32. The molecule has 3 rings (SSSR count). The van der Waals surface area contributed by atoms with Crippen LogP contribution in [-0.2, 0) is 9.47 Å². The van der Waals surface area contributed by atoms with Gasteiger partial charge >= 0.3 is 0 Å². The Labute approximate surface area is 167 Å². The number of rotatable bonds is 8. The van der Waals surface area contributed by atoms with Gasteiger partial charge in [-0.15, -0.1) is 0 Å². The fraction of sp³-hybridized carbons (Fsp3) is 0.760. The third-order valence-corrected chi connectivity index (χ3v) is 6.89. The summed E-state index contributed by atoms with van der Waals surface area (Å²) >= 11 is 0. The zero-order valence-corrected chi connectivity index (χ0v) is 17.8. The van der Waals surface area contributed by atoms with E-state index in [-0.39, 0.29) is 6.10 Å². The molecule has 152 valence electrons. The number of unbranched alkanes of at least 4 members (excludes halogenated alkanes) is 2. The number of benzene rings is 1. The molecule has 2 fully saturated rings. The van der Waals surface area contributed by atoms with E-state index in [1.807, 2.05) is 0 Å². The van der Waals surface area contributed by atoms with Gasteiger partial charge < -0.3 is 9.47 Å². The van der Waals surface area contributed by atoms with Gasteiger partial charge in [-0.25, -0.2) is 0 Å². The molecule has 0 amide bonds. The van der Waals surface area contributed by atoms with Crippen LogP contribution >= 0.6 is 0 Å². The highest BCUT2D eigenvalue weighted by atomic mass is 16.6. The molecule has 1 aromatic carbocycles. The number of hydrogen-bond donors (Lipinski definition) is 0. The van der Waals surface area contributed by atoms with Gasteiger partial charge in [-0.05, 0) is 49.5 Å². The molecule has 1 saturated heterocycles. The molecule has 1 aliphatic carbocycles. The van der Waals surface area contributed by atoms with Crippen molar-refractivity contribution in [2.24, 2.45) is 11.8 Å². The van der Waals surface area contributed by atoms with E-state index < -0.39 is 0 Å². The van der Waals surface area contributed by atoms with Crippen LogP contribution in [0.15, 0.2) is 24.3 Å². The van der Waals surface area contributed by atoms with Crippen LogP contribution in [-0.4, -0.2) is 25.4 Å². The van der Waals surface area contributed by atoms with E-state index in [9.17, 15) is 0 Å². The minimum Gasteiger partial charge on any atom is -0.373 e. The van der Waals surface area contributed by atoms with Gasteiger partial charge in [-0.2, -0.15) is 0 Å². The summed E-state index contributed by atoms with van der Waals surface area (Å²) in [5, 5.41) is 0. The smallest absolute Gasteiger partial charge is 0.0838 e. The lowest BCUT2D eigenvalue weighted by molar-refractivity contribution is -0.157. The molecule has 2 unspecified atom stereocenters. The van der Waals surface area contributed by atoms with Crippen LogP contribution in [0.1, 0.15) is 88.7 Å². The Morgan fingerprint density at radius 1 is 0.963 bits per heavy atom. The summed E-state index contributed by atoms with van der Waals surface area (Å²) in [5.74, 6) is 2.22. The minimum atomic E-state index is 0.253. The van der Waals surface area contributed by atoms with Crippen LogP contribution in [0.5, 0.6) is 0 Å². The van der Waals surface area contributed by atoms with Gasteiger partial charge in [-0.3, -0.25) is 0 Å². The maximum Gasteiger partial charge on any atom is 0.0838 e. The average Bonchev–Trinajstić information content (AvgIpc) is 2.70. The van der Waals surface area contributed by atoms with Crippen molar-refractivity contribution in [3.05, 3.63) is 35.4 Å². The van der Waals surface area contributed by atoms with Crippen molar-refractivity contribution < 1.29 is 9.47 Å². The fourth-order valence-electron chi connectivity index (χ4n) is 4.92. The summed E-state index contributed by atoms with van der Waals surface area (Å²) in [6, 6.07) is 8.92. The first-order chi connectivity index (χ1) is 13.2. The minimum absolute atomic E-state index is 0.253. The Kier molecular flexibility index (Phi) is 8.21. The first-order valence-electron chi connectivity index (χ1n) is 11.5. The first kappa shape index (κ1) is 20.9. The molecule has 27 heavy (non-hydrogen) atoms. The molecule has 1 saturated carbocycles. The monoisotopic (exact) mass is 372 g/mol. The Balaban J connectivity index is 1.36. The van der Waals surface area contributed by atoms with E-state index in [1.54, 1.807) is 0 Å². The molecule has 1 aromatic rings. The van der Waals surface area contributed by atoms with E-state index >= 15 is 0 Å². The van der Waals surface area contributed by atoms with Crippen molar-refractivity contribution in [2.75, 3.05) is 13.2 Å². The van der Waals surface area contributed by atoms with Crippen molar-refractivity contribution in [3.63, 3.8) is 0 Å². The zero-order valence-electron chi connectivity index (χ0n) is 17.8. The van der Waals surface area contributed by atoms with E-state index in [1.165, 1.54) is 62.5 Å². The highest BCUT2D eigenvalue weighted by molar-refractivity contribution is 5.24. The Morgan fingerprint density at radius 2 is 1.70 bits per heavy atom. The van der Waals surface area contributed by atoms with Gasteiger partial charge in [0, 0.05) is 0 Å². The van der Waals surface area contributed by atoms with Crippen molar-refractivity contribution in [2.45, 2.75) is 96.7 Å². The third kappa shape index (κ3) is 6.32. The maximum atomic E-state index is 6.29. The normalized spacial score (nSPS) is 30.2. The SMILES string of the molecule is CCCCCC1CCC(C2COC(C[C@@H](C)c3ccc(C)cc3)CO2)CC1. The topological polar surface area (TPSA) is 18.5 Å². The predicted octanol–water partition coefficient (Wildman–Crippen LogP) is 6.66. The molecular weight excluding hydrogens is 332 g/mol. The van der Waals surface area contributed by atoms with Crippen LogP contribution in [0, 0.1) is 18.8 Å². The molecule has 2 nitrogen and oxygen atoms in total. The Hall–Kier alpha value is -0.860. The summed E-state index contributed by atoms with van der Waals surface area (Å²) in [4.78, 5) is 0. The van der Waals surface area contributed by atoms with Crippen LogP contribution < -0.4 is 0 Å². The molecule has 3 atom stereocenters. The standard InChI is InChI=1S/C25H40O2/c1-4-5-6-7-21-10-14-23(15-11-21)25-18-26-24(17-27-25)16-20(3)22-12-8-19(2)9-13-22/h8-9,12-13,20-21,23-25H,4-7,10-11,14-18H2,1-3H3/t20-,21?,23?,24?,25?/m1/s1. The maximum absolute atomic E-state index is 6.29. The molecule has 2 heteroatoms. The van der Waals surface area contributed by atoms with Crippen LogP contribution in [0.2, 0.25) is 0 Å². The molecule has 1 heterocycles. The van der Waals surface area contributed by atoms with Crippen molar-refractivity contribution in [3.8, 4) is 0 Å². The van der Waals surface area contributed by atoms with Gasteiger partial charge in [0.15, 0.2) is 0 Å². The van der Waals surface area contributed by atoms with Gasteiger partial charge in [0.05, 0.1) is 25.4 Å². The quantitative estimate of drug-likeness (QED) is 0.475. The highest BCUT2D eigenvalue weighted by Crippen LogP contribution is 2.36. The molecule has 0 bridgehead atoms. The number of hydrogen-bond acceptors (Lipinski definition) is 2. The lowest BCUT2D eigenvalue weighted by Gasteiger charge is -2.38. The lowest BCUT2D eigenvalue weighted by atomic mass is 9.77. The van der Waals surface area contributed by atoms with Gasteiger partial charge in [0.1, 0.15) is 0 Å². The van der Waals surface area contributed by atoms with Gasteiger partial charge in [0.2, 0.25) is 0 Å². The summed E-state index contributed by atoms with van der Waals surface area (Å²) < 4.78 is 12.5. The molecule has 0 spiro atoms. The highest BCUT2D eigenvalue weighted by Gasteiger charge is 2.32. The molecule has 0 aromatic heterocycles. The number of ether oxygens (including phenoxy) is 2. The number of aryl methyl sites for hydroxylation is 1. The van der Waals surface area contributed by atoms with Crippen LogP contribution in [0.25, 0.3) is 0 Å². The van der Waals surface area contributed by atoms with Gasteiger partial charge in [-0.1, -0.05) is 82.2 Å². The molecular formula is C25H40O2. The molecule has 1 aliphatic heterocycles. The zero-order chi connectivity index (χ0) is 19.1. The van der Waals surface area contributed by atoms with Crippen LogP contribution in [0.3, 0.4) is 0 Å². The van der Waals surface area contributed by atoms with Gasteiger partial charge in [0.25, 0.3) is 0 Å². The second-order valence-corrected chi connectivity index (χ2v) is 9.15. The van der Waals surface area contributed by atoms with E-state index in [0.29, 0.717) is 12.0 Å². The van der Waals surface area contributed by atoms with Crippen molar-refractivity contribution >= 4 is 0 Å². The second-order valence-electron chi connectivity index (χ2n) is 9.15. The van der Waals surface area contributed by atoms with E-state index in [0.717, 1.165) is 31.5 Å². The van der Waals surface area contributed by atoms with Crippen LogP contribution in [0.4, 0.5) is 0 Å². The first-order valence-corrected chi connectivity index (χ1v) is 11.5. The Bertz CT molecular complexity index is 522. The predicted molar refractivity (Wildman–Crippen MR) is 113 cm³/mol. The molecule has 0 N–H and O–H groups in total. The lowest BCUT2D eigenvalue weighted by Crippen LogP contribution is -2.41. The largest absolute Gasteiger partial charge is 0.373 e. The van der Waals surface area contributed by atoms with Crippen molar-refractivity contribution in [1.29, 1.82) is 0 Å². The molecule has 2 aliphatic rings. The fourth-order valence-corrected chi connectivity index (χ4v) is 4.92. The van der Waals surface area contributed by atoms with E-state index in [2.05, 4.69) is 45.0 Å². The van der Waals surface area contributed by atoms with E-state index in [4.69, 9.17) is 9.47 Å². The Morgan fingerprint density at radius 3 is 2.33 bits per heavy atom. The summed E-state index contributed by atoms with van der Waals surface area (Å²) in [6.07, 6.45) is 12.8.